The van der Waals surface area contributed by atoms with Crippen LogP contribution in [-0.2, 0) is 0 Å². The highest BCUT2D eigenvalue weighted by atomic mass is 15.2. The molecule has 1 saturated carbocycles. The van der Waals surface area contributed by atoms with E-state index in [9.17, 15) is 0 Å². The van der Waals surface area contributed by atoms with Crippen LogP contribution in [0.4, 0.5) is 0 Å². The molecule has 2 aliphatic rings. The second kappa shape index (κ2) is 5.73. The summed E-state index contributed by atoms with van der Waals surface area (Å²) in [7, 11) is 0. The highest BCUT2D eigenvalue weighted by Crippen LogP contribution is 2.44. The molecule has 2 rings (SSSR count). The van der Waals surface area contributed by atoms with Crippen molar-refractivity contribution in [3.63, 3.8) is 0 Å². The largest absolute Gasteiger partial charge is 0.329 e. The molecule has 1 aliphatic heterocycles. The molecule has 0 aromatic heterocycles. The smallest absolute Gasteiger partial charge is 0.0359 e. The first-order valence-corrected chi connectivity index (χ1v) is 8.39. The van der Waals surface area contributed by atoms with Gasteiger partial charge < -0.3 is 5.73 Å². The predicted molar refractivity (Wildman–Crippen MR) is 83.2 cm³/mol. The Kier molecular flexibility index (Phi) is 4.62. The molecular weight excluding hydrogens is 232 g/mol. The Morgan fingerprint density at radius 2 is 1.79 bits per heavy atom. The summed E-state index contributed by atoms with van der Waals surface area (Å²) in [6, 6.07) is 0. The second-order valence-corrected chi connectivity index (χ2v) is 7.93. The summed E-state index contributed by atoms with van der Waals surface area (Å²) < 4.78 is 0. The third-order valence-electron chi connectivity index (χ3n) is 6.12. The fourth-order valence-corrected chi connectivity index (χ4v) is 4.72. The van der Waals surface area contributed by atoms with Crippen molar-refractivity contribution in [3.8, 4) is 0 Å². The summed E-state index contributed by atoms with van der Waals surface area (Å²) >= 11 is 0. The molecule has 2 N–H and O–H groups in total. The van der Waals surface area contributed by atoms with Gasteiger partial charge in [0.25, 0.3) is 0 Å². The van der Waals surface area contributed by atoms with E-state index in [1.54, 1.807) is 0 Å². The highest BCUT2D eigenvalue weighted by molar-refractivity contribution is 5.02. The van der Waals surface area contributed by atoms with Crippen molar-refractivity contribution in [1.29, 1.82) is 0 Å². The Morgan fingerprint density at radius 3 is 2.26 bits per heavy atom. The lowest BCUT2D eigenvalue weighted by Crippen LogP contribution is -2.58. The van der Waals surface area contributed by atoms with Gasteiger partial charge >= 0.3 is 0 Å². The quantitative estimate of drug-likeness (QED) is 0.845. The normalized spacial score (nSPS) is 34.9. The molecule has 0 radical (unpaired) electrons. The van der Waals surface area contributed by atoms with Crippen molar-refractivity contribution in [2.24, 2.45) is 23.0 Å². The van der Waals surface area contributed by atoms with Gasteiger partial charge in [0.15, 0.2) is 0 Å². The fraction of sp³-hybridized carbons (Fsp3) is 1.00. The molecule has 2 fully saturated rings. The van der Waals surface area contributed by atoms with Crippen LogP contribution < -0.4 is 5.73 Å². The van der Waals surface area contributed by atoms with Crippen LogP contribution in [0, 0.1) is 17.3 Å². The van der Waals surface area contributed by atoms with Crippen molar-refractivity contribution >= 4 is 0 Å². The molecule has 1 saturated heterocycles. The molecule has 19 heavy (non-hydrogen) atoms. The Balaban J connectivity index is 2.03. The van der Waals surface area contributed by atoms with E-state index in [1.807, 2.05) is 0 Å². The molecule has 0 bridgehead atoms. The minimum Gasteiger partial charge on any atom is -0.329 e. The van der Waals surface area contributed by atoms with Crippen LogP contribution in [0.1, 0.15) is 66.2 Å². The topological polar surface area (TPSA) is 29.3 Å². The van der Waals surface area contributed by atoms with Gasteiger partial charge in [0.2, 0.25) is 0 Å². The molecule has 0 amide bonds. The van der Waals surface area contributed by atoms with Gasteiger partial charge in [-0.3, -0.25) is 4.90 Å². The first-order valence-electron chi connectivity index (χ1n) is 8.39. The van der Waals surface area contributed by atoms with Gasteiger partial charge in [0, 0.05) is 12.1 Å². The van der Waals surface area contributed by atoms with E-state index in [-0.39, 0.29) is 0 Å². The number of hydrogen-bond acceptors (Lipinski definition) is 2. The van der Waals surface area contributed by atoms with Crippen LogP contribution in [0.25, 0.3) is 0 Å². The average molecular weight is 266 g/mol. The van der Waals surface area contributed by atoms with Gasteiger partial charge in [-0.25, -0.2) is 0 Å². The minimum absolute atomic E-state index is 0.345. The first-order chi connectivity index (χ1) is 8.94. The molecule has 2 nitrogen and oxygen atoms in total. The molecule has 2 unspecified atom stereocenters. The lowest BCUT2D eigenvalue weighted by molar-refractivity contribution is 0.00636. The van der Waals surface area contributed by atoms with Crippen LogP contribution >= 0.6 is 0 Å². The van der Waals surface area contributed by atoms with Gasteiger partial charge in [-0.05, 0) is 56.0 Å². The van der Waals surface area contributed by atoms with Gasteiger partial charge in [0.1, 0.15) is 0 Å². The third kappa shape index (κ3) is 2.85. The number of piperidine rings is 1. The van der Waals surface area contributed by atoms with E-state index < -0.39 is 0 Å². The summed E-state index contributed by atoms with van der Waals surface area (Å²) in [6.45, 7) is 13.0. The number of nitrogens with zero attached hydrogens (tertiary/aromatic N) is 1. The maximum atomic E-state index is 6.24. The van der Waals surface area contributed by atoms with Crippen LogP contribution in [0.3, 0.4) is 0 Å². The van der Waals surface area contributed by atoms with Crippen molar-refractivity contribution < 1.29 is 0 Å². The van der Waals surface area contributed by atoms with Crippen LogP contribution in [0.5, 0.6) is 0 Å². The molecule has 0 aromatic carbocycles. The van der Waals surface area contributed by atoms with Gasteiger partial charge in [-0.15, -0.1) is 0 Å². The molecule has 0 aromatic rings. The Hall–Kier alpha value is -0.0800. The van der Waals surface area contributed by atoms with Crippen molar-refractivity contribution in [3.05, 3.63) is 0 Å². The van der Waals surface area contributed by atoms with E-state index in [0.717, 1.165) is 18.4 Å². The first kappa shape index (κ1) is 15.3. The number of likely N-dealkylation sites (tertiary alicyclic amines) is 1. The lowest BCUT2D eigenvalue weighted by atomic mass is 9.73. The zero-order chi connectivity index (χ0) is 14.1. The summed E-state index contributed by atoms with van der Waals surface area (Å²) in [4.78, 5) is 2.77. The molecule has 1 heterocycles. The van der Waals surface area contributed by atoms with Gasteiger partial charge in [0.05, 0.1) is 0 Å². The average Bonchev–Trinajstić information content (AvgIpc) is 2.82. The number of rotatable bonds is 3. The molecule has 1 aliphatic carbocycles. The zero-order valence-electron chi connectivity index (χ0n) is 13.5. The van der Waals surface area contributed by atoms with Gasteiger partial charge in [-0.2, -0.15) is 0 Å². The fourth-order valence-electron chi connectivity index (χ4n) is 4.72. The van der Waals surface area contributed by atoms with Gasteiger partial charge in [-0.1, -0.05) is 40.5 Å². The molecule has 112 valence electrons. The van der Waals surface area contributed by atoms with Crippen molar-refractivity contribution in [1.82, 2.24) is 4.90 Å². The monoisotopic (exact) mass is 266 g/mol. The Morgan fingerprint density at radius 1 is 1.16 bits per heavy atom. The molecule has 2 heteroatoms. The van der Waals surface area contributed by atoms with E-state index in [4.69, 9.17) is 5.73 Å². The third-order valence-corrected chi connectivity index (χ3v) is 6.12. The summed E-state index contributed by atoms with van der Waals surface area (Å²) in [5.74, 6) is 1.73. The summed E-state index contributed by atoms with van der Waals surface area (Å²) in [6.07, 6.45) is 8.14. The highest BCUT2D eigenvalue weighted by Gasteiger charge is 2.46. The van der Waals surface area contributed by atoms with E-state index >= 15 is 0 Å². The van der Waals surface area contributed by atoms with Crippen LogP contribution in [-0.4, -0.2) is 30.1 Å². The van der Waals surface area contributed by atoms with Crippen LogP contribution in [0.2, 0.25) is 0 Å². The number of nitrogens with two attached hydrogens (primary N) is 1. The molecule has 2 atom stereocenters. The summed E-state index contributed by atoms with van der Waals surface area (Å²) in [5, 5.41) is 0. The van der Waals surface area contributed by atoms with E-state index in [1.165, 1.54) is 51.6 Å². The van der Waals surface area contributed by atoms with Crippen molar-refractivity contribution in [2.45, 2.75) is 71.8 Å². The van der Waals surface area contributed by atoms with E-state index in [0.29, 0.717) is 11.0 Å². The minimum atomic E-state index is 0.345. The molecular formula is C17H34N2. The second-order valence-electron chi connectivity index (χ2n) is 7.93. The SMILES string of the molecule is CCC1CCCC1(CN)N1CCC(C(C)(C)C)CC1. The zero-order valence-corrected chi connectivity index (χ0v) is 13.5. The van der Waals surface area contributed by atoms with Crippen LogP contribution in [0.15, 0.2) is 0 Å². The van der Waals surface area contributed by atoms with Crippen molar-refractivity contribution in [2.75, 3.05) is 19.6 Å². The standard InChI is InChI=1S/C17H34N2/c1-5-14-7-6-10-17(14,13-18)19-11-8-15(9-12-19)16(2,3)4/h14-15H,5-13,18H2,1-4H3. The summed E-state index contributed by atoms with van der Waals surface area (Å²) in [5.41, 5.74) is 7.06. The van der Waals surface area contributed by atoms with E-state index in [2.05, 4.69) is 32.6 Å². The lowest BCUT2D eigenvalue weighted by Gasteiger charge is -2.49. The maximum absolute atomic E-state index is 6.24. The Bertz CT molecular complexity index is 286. The maximum Gasteiger partial charge on any atom is 0.0359 e. The number of hydrogen-bond donors (Lipinski definition) is 1. The predicted octanol–water partition coefficient (Wildman–Crippen LogP) is 3.65. The Labute approximate surface area is 120 Å². The molecule has 0 spiro atoms.